The number of rotatable bonds is 5. The van der Waals surface area contributed by atoms with Gasteiger partial charge in [0.05, 0.1) is 12.2 Å². The first-order valence-electron chi connectivity index (χ1n) is 6.19. The number of ether oxygens (including phenoxy) is 1. The number of benzene rings is 1. The van der Waals surface area contributed by atoms with Gasteiger partial charge in [0.2, 0.25) is 0 Å². The molecule has 1 aromatic rings. The molecule has 94 valence electrons. The van der Waals surface area contributed by atoms with Gasteiger partial charge < -0.3 is 20.5 Å². The van der Waals surface area contributed by atoms with Gasteiger partial charge in [0.15, 0.2) is 0 Å². The highest BCUT2D eigenvalue weighted by Crippen LogP contribution is 2.33. The molecule has 0 fully saturated rings. The molecule has 0 saturated heterocycles. The Morgan fingerprint density at radius 2 is 2.18 bits per heavy atom. The molecule has 0 aromatic heterocycles. The van der Waals surface area contributed by atoms with E-state index in [0.29, 0.717) is 0 Å². The van der Waals surface area contributed by atoms with E-state index in [2.05, 4.69) is 4.90 Å². The number of nitrogens with zero attached hydrogens (tertiary/aromatic N) is 1. The first kappa shape index (κ1) is 12.0. The summed E-state index contributed by atoms with van der Waals surface area (Å²) < 4.78 is 5.60. The molecule has 1 heterocycles. The number of hydrogen-bond donors (Lipinski definition) is 2. The summed E-state index contributed by atoms with van der Waals surface area (Å²) in [6.45, 7) is 2.95. The molecule has 4 heteroatoms. The zero-order valence-corrected chi connectivity index (χ0v) is 10.1. The molecule has 0 bridgehead atoms. The van der Waals surface area contributed by atoms with Crippen LogP contribution in [0.4, 0.5) is 11.4 Å². The van der Waals surface area contributed by atoms with Crippen molar-refractivity contribution in [2.24, 2.45) is 0 Å². The molecule has 3 N–H and O–H groups in total. The smallest absolute Gasteiger partial charge is 0.144 e. The molecule has 1 aliphatic rings. The monoisotopic (exact) mass is 236 g/mol. The van der Waals surface area contributed by atoms with Gasteiger partial charge in [-0.15, -0.1) is 0 Å². The summed E-state index contributed by atoms with van der Waals surface area (Å²) in [5, 5.41) is 8.74. The molecule has 1 aliphatic heterocycles. The molecule has 17 heavy (non-hydrogen) atoms. The Labute approximate surface area is 102 Å². The maximum absolute atomic E-state index is 8.74. The van der Waals surface area contributed by atoms with Gasteiger partial charge in [0, 0.05) is 24.9 Å². The van der Waals surface area contributed by atoms with Gasteiger partial charge in [0.25, 0.3) is 0 Å². The molecular formula is C13H20N2O2. The van der Waals surface area contributed by atoms with Crippen molar-refractivity contribution in [3.8, 4) is 5.75 Å². The van der Waals surface area contributed by atoms with Crippen molar-refractivity contribution in [3.05, 3.63) is 18.2 Å². The van der Waals surface area contributed by atoms with Crippen LogP contribution in [0.25, 0.3) is 0 Å². The van der Waals surface area contributed by atoms with Gasteiger partial charge in [-0.25, -0.2) is 0 Å². The summed E-state index contributed by atoms with van der Waals surface area (Å²) >= 11 is 0. The van der Waals surface area contributed by atoms with E-state index in [-0.39, 0.29) is 6.61 Å². The predicted octanol–water partition coefficient (Wildman–Crippen LogP) is 1.63. The molecule has 0 radical (unpaired) electrons. The molecule has 0 unspecified atom stereocenters. The van der Waals surface area contributed by atoms with Gasteiger partial charge >= 0.3 is 0 Å². The van der Waals surface area contributed by atoms with E-state index in [1.165, 1.54) is 0 Å². The maximum Gasteiger partial charge on any atom is 0.144 e. The lowest BCUT2D eigenvalue weighted by atomic mass is 10.2. The Morgan fingerprint density at radius 1 is 1.29 bits per heavy atom. The normalized spacial score (nSPS) is 14.3. The third-order valence-corrected chi connectivity index (χ3v) is 3.03. The van der Waals surface area contributed by atoms with Gasteiger partial charge in [-0.2, -0.15) is 0 Å². The maximum atomic E-state index is 8.74. The Bertz CT molecular complexity index is 368. The fourth-order valence-corrected chi connectivity index (χ4v) is 2.12. The van der Waals surface area contributed by atoms with Crippen molar-refractivity contribution in [2.45, 2.75) is 19.3 Å². The van der Waals surface area contributed by atoms with Crippen LogP contribution in [-0.4, -0.2) is 31.4 Å². The number of aliphatic hydroxyl groups excluding tert-OH is 1. The van der Waals surface area contributed by atoms with Crippen LogP contribution in [0.3, 0.4) is 0 Å². The fraction of sp³-hybridized carbons (Fsp3) is 0.538. The quantitative estimate of drug-likeness (QED) is 0.602. The van der Waals surface area contributed by atoms with E-state index < -0.39 is 0 Å². The summed E-state index contributed by atoms with van der Waals surface area (Å²) in [6.07, 6.45) is 3.06. The molecule has 0 spiro atoms. The van der Waals surface area contributed by atoms with Crippen LogP contribution in [0.1, 0.15) is 19.3 Å². The number of hydrogen-bond acceptors (Lipinski definition) is 4. The van der Waals surface area contributed by atoms with Crippen molar-refractivity contribution >= 4 is 11.4 Å². The van der Waals surface area contributed by atoms with E-state index in [0.717, 1.165) is 56.1 Å². The Morgan fingerprint density at radius 3 is 3.00 bits per heavy atom. The summed E-state index contributed by atoms with van der Waals surface area (Å²) in [5.41, 5.74) is 7.62. The van der Waals surface area contributed by atoms with Crippen molar-refractivity contribution in [1.82, 2.24) is 0 Å². The second kappa shape index (κ2) is 5.77. The van der Waals surface area contributed by atoms with Crippen LogP contribution < -0.4 is 15.4 Å². The Hall–Kier alpha value is -1.42. The molecule has 2 rings (SSSR count). The van der Waals surface area contributed by atoms with E-state index in [1.807, 2.05) is 18.2 Å². The minimum atomic E-state index is 0.288. The Kier molecular flexibility index (Phi) is 4.09. The first-order chi connectivity index (χ1) is 8.31. The number of nitrogens with two attached hydrogens (primary N) is 1. The Balaban J connectivity index is 1.97. The summed E-state index contributed by atoms with van der Waals surface area (Å²) in [4.78, 5) is 2.33. The largest absolute Gasteiger partial charge is 0.489 e. The lowest BCUT2D eigenvalue weighted by molar-refractivity contribution is 0.281. The zero-order valence-electron chi connectivity index (χ0n) is 10.1. The van der Waals surface area contributed by atoms with Crippen LogP contribution in [0.5, 0.6) is 5.75 Å². The summed E-state index contributed by atoms with van der Waals surface area (Å²) in [7, 11) is 0. The lowest BCUT2D eigenvalue weighted by Gasteiger charge is -2.31. The van der Waals surface area contributed by atoms with Gasteiger partial charge in [0.1, 0.15) is 12.4 Å². The van der Waals surface area contributed by atoms with Gasteiger partial charge in [-0.1, -0.05) is 0 Å². The molecule has 0 aliphatic carbocycles. The van der Waals surface area contributed by atoms with Gasteiger partial charge in [-0.05, 0) is 31.4 Å². The highest BCUT2D eigenvalue weighted by molar-refractivity contribution is 5.64. The lowest BCUT2D eigenvalue weighted by Crippen LogP contribution is -2.33. The van der Waals surface area contributed by atoms with E-state index in [1.54, 1.807) is 0 Å². The SMILES string of the molecule is Nc1ccc2c(c1)OCCN2CCCCCO. The fourth-order valence-electron chi connectivity index (χ4n) is 2.12. The number of fused-ring (bicyclic) bond motifs is 1. The minimum absolute atomic E-state index is 0.288. The first-order valence-corrected chi connectivity index (χ1v) is 6.19. The van der Waals surface area contributed by atoms with E-state index >= 15 is 0 Å². The number of aliphatic hydroxyl groups is 1. The van der Waals surface area contributed by atoms with Crippen LogP contribution in [0.15, 0.2) is 18.2 Å². The van der Waals surface area contributed by atoms with Crippen LogP contribution in [0, 0.1) is 0 Å². The van der Waals surface area contributed by atoms with Crippen molar-refractivity contribution in [3.63, 3.8) is 0 Å². The number of unbranched alkanes of at least 4 members (excludes halogenated alkanes) is 2. The van der Waals surface area contributed by atoms with E-state index in [4.69, 9.17) is 15.6 Å². The molecule has 4 nitrogen and oxygen atoms in total. The van der Waals surface area contributed by atoms with Crippen molar-refractivity contribution < 1.29 is 9.84 Å². The standard InChI is InChI=1S/C13H20N2O2/c14-11-4-5-12-13(10-11)17-9-7-15(12)6-2-1-3-8-16/h4-5,10,16H,1-3,6-9,14H2. The van der Waals surface area contributed by atoms with Gasteiger partial charge in [-0.3, -0.25) is 0 Å². The molecule has 0 saturated carbocycles. The van der Waals surface area contributed by atoms with Crippen molar-refractivity contribution in [2.75, 3.05) is 36.9 Å². The van der Waals surface area contributed by atoms with E-state index in [9.17, 15) is 0 Å². The summed E-state index contributed by atoms with van der Waals surface area (Å²) in [6, 6.07) is 5.82. The third kappa shape index (κ3) is 3.03. The average Bonchev–Trinajstić information content (AvgIpc) is 2.34. The molecule has 0 atom stereocenters. The van der Waals surface area contributed by atoms with Crippen LogP contribution >= 0.6 is 0 Å². The van der Waals surface area contributed by atoms with Crippen LogP contribution in [0.2, 0.25) is 0 Å². The summed E-state index contributed by atoms with van der Waals surface area (Å²) in [5.74, 6) is 0.887. The second-order valence-corrected chi connectivity index (χ2v) is 4.35. The van der Waals surface area contributed by atoms with Crippen LogP contribution in [-0.2, 0) is 0 Å². The van der Waals surface area contributed by atoms with Crippen molar-refractivity contribution in [1.29, 1.82) is 0 Å². The minimum Gasteiger partial charge on any atom is -0.489 e. The number of nitrogen functional groups attached to an aromatic ring is 1. The average molecular weight is 236 g/mol. The zero-order chi connectivity index (χ0) is 12.1. The third-order valence-electron chi connectivity index (χ3n) is 3.03. The molecular weight excluding hydrogens is 216 g/mol. The highest BCUT2D eigenvalue weighted by Gasteiger charge is 2.17. The topological polar surface area (TPSA) is 58.7 Å². The second-order valence-electron chi connectivity index (χ2n) is 4.35. The predicted molar refractivity (Wildman–Crippen MR) is 69.5 cm³/mol. The number of anilines is 2. The highest BCUT2D eigenvalue weighted by atomic mass is 16.5. The molecule has 1 aromatic carbocycles. The molecule has 0 amide bonds.